The Bertz CT molecular complexity index is 3720. The van der Waals surface area contributed by atoms with E-state index in [-0.39, 0.29) is 0 Å². The lowest BCUT2D eigenvalue weighted by atomic mass is 9.97. The first-order valence-corrected chi connectivity index (χ1v) is 20.5. The third-order valence-corrected chi connectivity index (χ3v) is 12.3. The van der Waals surface area contributed by atoms with Crippen LogP contribution in [0, 0.1) is 0 Å². The molecule has 0 unspecified atom stereocenters. The van der Waals surface area contributed by atoms with E-state index >= 15 is 0 Å². The molecule has 4 heterocycles. The average molecular weight is 758 g/mol. The fourth-order valence-corrected chi connectivity index (χ4v) is 9.71. The van der Waals surface area contributed by atoms with Gasteiger partial charge in [-0.25, -0.2) is 0 Å². The number of aromatic nitrogens is 3. The van der Waals surface area contributed by atoms with Crippen LogP contribution >= 0.6 is 0 Å². The zero-order chi connectivity index (χ0) is 39.2. The van der Waals surface area contributed by atoms with Gasteiger partial charge in [0.1, 0.15) is 11.2 Å². The summed E-state index contributed by atoms with van der Waals surface area (Å²) in [6.07, 6.45) is 7.60. The molecule has 4 aromatic heterocycles. The number of benzene rings is 8. The summed E-state index contributed by atoms with van der Waals surface area (Å²) in [5.41, 5.74) is 14.6. The standard InChI is InChI=1S/C55H39N3O/c1-3-4-6-17-35(2)56-47-24-13-9-20-39(47)41-30-29-38(33-51(41)56)58-49-26-15-11-23-43(49)53-54(58)44(34-46-42-22-12-16-27-52(42)59-55(46)53)36-28-31-50-45(32-36)40-21-10-14-25-48(40)57(50)37-18-7-5-8-19-37/h4-34H,3H2,1-2H3/b6-4-,35-17+. The van der Waals surface area contributed by atoms with Crippen LogP contribution in [-0.2, 0) is 0 Å². The Labute approximate surface area is 340 Å². The van der Waals surface area contributed by atoms with Gasteiger partial charge in [0, 0.05) is 60.3 Å². The van der Waals surface area contributed by atoms with Gasteiger partial charge in [-0.15, -0.1) is 0 Å². The van der Waals surface area contributed by atoms with Crippen molar-refractivity contribution in [2.24, 2.45) is 0 Å². The third-order valence-electron chi connectivity index (χ3n) is 12.3. The molecule has 0 aliphatic rings. The van der Waals surface area contributed by atoms with Crippen LogP contribution in [-0.4, -0.2) is 13.7 Å². The van der Waals surface area contributed by atoms with Crippen molar-refractivity contribution < 1.29 is 4.42 Å². The molecule has 280 valence electrons. The van der Waals surface area contributed by atoms with Crippen molar-refractivity contribution in [1.82, 2.24) is 13.7 Å². The largest absolute Gasteiger partial charge is 0.455 e. The molecular weight excluding hydrogens is 719 g/mol. The average Bonchev–Trinajstić information content (AvgIpc) is 4.02. The van der Waals surface area contributed by atoms with Crippen molar-refractivity contribution in [2.45, 2.75) is 20.3 Å². The summed E-state index contributed by atoms with van der Waals surface area (Å²) in [4.78, 5) is 0. The van der Waals surface area contributed by atoms with E-state index in [4.69, 9.17) is 4.42 Å². The molecule has 0 aliphatic heterocycles. The van der Waals surface area contributed by atoms with Gasteiger partial charge in [0.2, 0.25) is 0 Å². The maximum atomic E-state index is 6.87. The molecule has 0 radical (unpaired) electrons. The van der Waals surface area contributed by atoms with E-state index in [0.29, 0.717) is 0 Å². The van der Waals surface area contributed by atoms with Crippen LogP contribution in [0.15, 0.2) is 193 Å². The highest BCUT2D eigenvalue weighted by Crippen LogP contribution is 2.47. The zero-order valence-corrected chi connectivity index (χ0v) is 32.9. The summed E-state index contributed by atoms with van der Waals surface area (Å²) in [7, 11) is 0. The summed E-state index contributed by atoms with van der Waals surface area (Å²) >= 11 is 0. The summed E-state index contributed by atoms with van der Waals surface area (Å²) in [5, 5.41) is 9.46. The fraction of sp³-hybridized carbons (Fsp3) is 0.0545. The number of furan rings is 1. The van der Waals surface area contributed by atoms with Gasteiger partial charge < -0.3 is 18.1 Å². The lowest BCUT2D eigenvalue weighted by molar-refractivity contribution is 0.673. The fourth-order valence-electron chi connectivity index (χ4n) is 9.71. The molecule has 0 spiro atoms. The summed E-state index contributed by atoms with van der Waals surface area (Å²) in [5.74, 6) is 0. The quantitative estimate of drug-likeness (QED) is 0.155. The Hall–Kier alpha value is -7.56. The number of para-hydroxylation sites is 5. The maximum Gasteiger partial charge on any atom is 0.145 e. The van der Waals surface area contributed by atoms with Crippen molar-refractivity contribution in [3.8, 4) is 22.5 Å². The van der Waals surface area contributed by atoms with Crippen LogP contribution < -0.4 is 0 Å². The van der Waals surface area contributed by atoms with Gasteiger partial charge in [0.25, 0.3) is 0 Å². The Kier molecular flexibility index (Phi) is 7.39. The van der Waals surface area contributed by atoms with Gasteiger partial charge in [-0.2, -0.15) is 0 Å². The first-order valence-electron chi connectivity index (χ1n) is 20.5. The molecule has 0 saturated carbocycles. The lowest BCUT2D eigenvalue weighted by Crippen LogP contribution is -1.98. The summed E-state index contributed by atoms with van der Waals surface area (Å²) < 4.78 is 14.1. The minimum Gasteiger partial charge on any atom is -0.455 e. The maximum absolute atomic E-state index is 6.87. The molecule has 0 aliphatic carbocycles. The number of rotatable bonds is 6. The highest BCUT2D eigenvalue weighted by Gasteiger charge is 2.24. The van der Waals surface area contributed by atoms with Crippen LogP contribution in [0.1, 0.15) is 20.3 Å². The lowest BCUT2D eigenvalue weighted by Gasteiger charge is -2.14. The first kappa shape index (κ1) is 33.6. The number of hydrogen-bond donors (Lipinski definition) is 0. The molecule has 59 heavy (non-hydrogen) atoms. The topological polar surface area (TPSA) is 27.9 Å². The van der Waals surface area contributed by atoms with Crippen molar-refractivity contribution in [3.05, 3.63) is 188 Å². The van der Waals surface area contributed by atoms with Gasteiger partial charge in [-0.3, -0.25) is 0 Å². The molecule has 0 bridgehead atoms. The van der Waals surface area contributed by atoms with Crippen LogP contribution in [0.3, 0.4) is 0 Å². The van der Waals surface area contributed by atoms with E-state index in [1.807, 2.05) is 0 Å². The summed E-state index contributed by atoms with van der Waals surface area (Å²) in [6.45, 7) is 4.38. The van der Waals surface area contributed by atoms with Gasteiger partial charge in [0.15, 0.2) is 0 Å². The highest BCUT2D eigenvalue weighted by atomic mass is 16.3. The van der Waals surface area contributed by atoms with E-state index < -0.39 is 0 Å². The molecule has 0 N–H and O–H groups in total. The number of hydrogen-bond acceptors (Lipinski definition) is 1. The smallest absolute Gasteiger partial charge is 0.145 e. The van der Waals surface area contributed by atoms with E-state index in [1.165, 1.54) is 49.3 Å². The van der Waals surface area contributed by atoms with Crippen LogP contribution in [0.4, 0.5) is 0 Å². The van der Waals surface area contributed by atoms with Crippen LogP contribution in [0.2, 0.25) is 0 Å². The Morgan fingerprint density at radius 1 is 0.508 bits per heavy atom. The Morgan fingerprint density at radius 2 is 1.15 bits per heavy atom. The molecule has 4 heteroatoms. The summed E-state index contributed by atoms with van der Waals surface area (Å²) in [6, 6.07) is 61.8. The van der Waals surface area contributed by atoms with Gasteiger partial charge >= 0.3 is 0 Å². The molecular formula is C55H39N3O. The predicted octanol–water partition coefficient (Wildman–Crippen LogP) is 15.4. The molecule has 0 fully saturated rings. The highest BCUT2D eigenvalue weighted by molar-refractivity contribution is 6.28. The van der Waals surface area contributed by atoms with E-state index in [1.54, 1.807) is 0 Å². The number of nitrogens with zero attached hydrogens (tertiary/aromatic N) is 3. The molecule has 12 rings (SSSR count). The number of fused-ring (bicyclic) bond motifs is 13. The SMILES string of the molecule is CC/C=C\C=C(/C)n1c2ccccc2c2ccc(-n3c4ccccc4c4c5oc6ccccc6c5cc(-c5ccc6c(c5)c5ccccc5n6-c5ccccc5)c43)cc21. The van der Waals surface area contributed by atoms with Crippen molar-refractivity contribution >= 4 is 93.1 Å². The first-order chi connectivity index (χ1) is 29.2. The molecule has 0 amide bonds. The second-order valence-electron chi connectivity index (χ2n) is 15.6. The molecule has 4 nitrogen and oxygen atoms in total. The van der Waals surface area contributed by atoms with Crippen molar-refractivity contribution in [2.75, 3.05) is 0 Å². The third kappa shape index (κ3) is 4.90. The van der Waals surface area contributed by atoms with E-state index in [9.17, 15) is 0 Å². The molecule has 0 atom stereocenters. The Morgan fingerprint density at radius 3 is 1.95 bits per heavy atom. The second kappa shape index (κ2) is 13.0. The molecule has 12 aromatic rings. The number of allylic oxidation sites excluding steroid dienone is 4. The molecule has 8 aromatic carbocycles. The van der Waals surface area contributed by atoms with Gasteiger partial charge in [-0.05, 0) is 91.7 Å². The monoisotopic (exact) mass is 757 g/mol. The minimum atomic E-state index is 0.893. The normalized spacial score (nSPS) is 12.7. The second-order valence-corrected chi connectivity index (χ2v) is 15.6. The predicted molar refractivity (Wildman–Crippen MR) is 250 cm³/mol. The van der Waals surface area contributed by atoms with Crippen LogP contribution in [0.5, 0.6) is 0 Å². The Balaban J connectivity index is 1.21. The van der Waals surface area contributed by atoms with Crippen LogP contribution in [0.25, 0.3) is 116 Å². The van der Waals surface area contributed by atoms with Crippen molar-refractivity contribution in [1.29, 1.82) is 0 Å². The van der Waals surface area contributed by atoms with Gasteiger partial charge in [0.05, 0.1) is 38.5 Å². The van der Waals surface area contributed by atoms with E-state index in [2.05, 4.69) is 216 Å². The van der Waals surface area contributed by atoms with Crippen molar-refractivity contribution in [3.63, 3.8) is 0 Å². The van der Waals surface area contributed by atoms with E-state index in [0.717, 1.165) is 72.7 Å². The zero-order valence-electron chi connectivity index (χ0n) is 32.9. The van der Waals surface area contributed by atoms with Gasteiger partial charge in [-0.1, -0.05) is 122 Å². The molecule has 0 saturated heterocycles. The minimum absolute atomic E-state index is 0.893.